The van der Waals surface area contributed by atoms with Crippen molar-refractivity contribution in [2.24, 2.45) is 5.92 Å². The third-order valence-corrected chi connectivity index (χ3v) is 4.96. The van der Waals surface area contributed by atoms with E-state index in [1.54, 1.807) is 13.8 Å². The van der Waals surface area contributed by atoms with Gasteiger partial charge in [-0.05, 0) is 38.0 Å². The first-order chi connectivity index (χ1) is 10.2. The summed E-state index contributed by atoms with van der Waals surface area (Å²) < 4.78 is 32.5. The molecule has 1 aromatic rings. The zero-order valence-corrected chi connectivity index (χ0v) is 14.5. The summed E-state index contributed by atoms with van der Waals surface area (Å²) >= 11 is 0. The first kappa shape index (κ1) is 18.4. The molecule has 0 aliphatic rings. The normalized spacial score (nSPS) is 13.0. The fraction of sp³-hybridized carbons (Fsp3) is 0.533. The molecule has 0 fully saturated rings. The van der Waals surface area contributed by atoms with Gasteiger partial charge in [-0.1, -0.05) is 13.8 Å². The van der Waals surface area contributed by atoms with Crippen LogP contribution >= 0.6 is 0 Å². The van der Waals surface area contributed by atoms with E-state index in [0.29, 0.717) is 12.3 Å². The van der Waals surface area contributed by atoms with Crippen LogP contribution in [0.15, 0.2) is 23.1 Å². The van der Waals surface area contributed by atoms with Gasteiger partial charge in [-0.25, -0.2) is 13.1 Å². The van der Waals surface area contributed by atoms with E-state index in [0.717, 1.165) is 0 Å². The number of carbonyl (C=O) groups is 1. The maximum atomic E-state index is 12.4. The van der Waals surface area contributed by atoms with E-state index in [-0.39, 0.29) is 28.3 Å². The highest BCUT2D eigenvalue weighted by Crippen LogP contribution is 2.23. The summed E-state index contributed by atoms with van der Waals surface area (Å²) in [6.07, 6.45) is 0. The number of ether oxygens (including phenoxy) is 1. The number of nitrogens with one attached hydrogen (secondary N) is 2. The van der Waals surface area contributed by atoms with E-state index in [4.69, 9.17) is 4.74 Å². The Hall–Kier alpha value is -1.60. The predicted molar refractivity (Wildman–Crippen MR) is 85.6 cm³/mol. The van der Waals surface area contributed by atoms with E-state index in [9.17, 15) is 13.2 Å². The van der Waals surface area contributed by atoms with Crippen LogP contribution in [0.5, 0.6) is 5.75 Å². The van der Waals surface area contributed by atoms with Crippen LogP contribution in [0, 0.1) is 5.92 Å². The summed E-state index contributed by atoms with van der Waals surface area (Å²) in [5.41, 5.74) is 0.199. The quantitative estimate of drug-likeness (QED) is 0.799. The smallest absolute Gasteiger partial charge is 0.255 e. The molecule has 2 N–H and O–H groups in total. The van der Waals surface area contributed by atoms with Gasteiger partial charge in [-0.15, -0.1) is 0 Å². The van der Waals surface area contributed by atoms with Crippen molar-refractivity contribution in [3.8, 4) is 5.75 Å². The Bertz CT molecular complexity index is 626. The average Bonchev–Trinajstić information content (AvgIpc) is 2.46. The first-order valence-corrected chi connectivity index (χ1v) is 8.69. The Morgan fingerprint density at radius 1 is 1.27 bits per heavy atom. The number of hydrogen-bond acceptors (Lipinski definition) is 4. The monoisotopic (exact) mass is 328 g/mol. The molecule has 1 aromatic carbocycles. The van der Waals surface area contributed by atoms with Crippen LogP contribution in [0.25, 0.3) is 0 Å². The number of benzene rings is 1. The Labute approximate surface area is 132 Å². The lowest BCUT2D eigenvalue weighted by molar-refractivity contribution is 0.0952. The molecule has 1 unspecified atom stereocenters. The van der Waals surface area contributed by atoms with E-state index < -0.39 is 10.0 Å². The Kier molecular flexibility index (Phi) is 6.37. The van der Waals surface area contributed by atoms with Gasteiger partial charge in [-0.2, -0.15) is 0 Å². The highest BCUT2D eigenvalue weighted by Gasteiger charge is 2.22. The van der Waals surface area contributed by atoms with Gasteiger partial charge in [0.05, 0.1) is 17.6 Å². The first-order valence-electron chi connectivity index (χ1n) is 7.21. The molecule has 22 heavy (non-hydrogen) atoms. The van der Waals surface area contributed by atoms with Gasteiger partial charge < -0.3 is 10.1 Å². The van der Waals surface area contributed by atoms with Crippen molar-refractivity contribution in [3.63, 3.8) is 0 Å². The van der Waals surface area contributed by atoms with Crippen LogP contribution in [-0.4, -0.2) is 34.0 Å². The lowest BCUT2D eigenvalue weighted by atomic mass is 10.1. The van der Waals surface area contributed by atoms with Crippen molar-refractivity contribution < 1.29 is 17.9 Å². The minimum Gasteiger partial charge on any atom is -0.496 e. The number of amides is 1. The summed E-state index contributed by atoms with van der Waals surface area (Å²) in [4.78, 5) is 12.1. The molecule has 1 amide bonds. The minimum absolute atomic E-state index is 0.0436. The van der Waals surface area contributed by atoms with Gasteiger partial charge in [0.2, 0.25) is 10.0 Å². The number of carbonyl (C=O) groups excluding carboxylic acids is 1. The van der Waals surface area contributed by atoms with Crippen molar-refractivity contribution >= 4 is 15.9 Å². The topological polar surface area (TPSA) is 84.5 Å². The van der Waals surface area contributed by atoms with Crippen LogP contribution in [-0.2, 0) is 10.0 Å². The van der Waals surface area contributed by atoms with E-state index >= 15 is 0 Å². The summed E-state index contributed by atoms with van der Waals surface area (Å²) in [6, 6.07) is 4.04. The molecule has 0 heterocycles. The third kappa shape index (κ3) is 4.45. The van der Waals surface area contributed by atoms with Crippen LogP contribution in [0.2, 0.25) is 0 Å². The van der Waals surface area contributed by atoms with Gasteiger partial charge in [-0.3, -0.25) is 4.79 Å². The van der Waals surface area contributed by atoms with Crippen LogP contribution in [0.4, 0.5) is 0 Å². The number of hydrogen-bond donors (Lipinski definition) is 2. The van der Waals surface area contributed by atoms with Crippen LogP contribution < -0.4 is 14.8 Å². The molecule has 1 atom stereocenters. The highest BCUT2D eigenvalue weighted by molar-refractivity contribution is 7.89. The van der Waals surface area contributed by atoms with E-state index in [1.165, 1.54) is 25.3 Å². The summed E-state index contributed by atoms with van der Waals surface area (Å²) in [5.74, 6) is 0.131. The molecule has 0 bridgehead atoms. The summed E-state index contributed by atoms with van der Waals surface area (Å²) in [5, 5.41) is 2.64. The van der Waals surface area contributed by atoms with Crippen molar-refractivity contribution in [1.29, 1.82) is 0 Å². The maximum absolute atomic E-state index is 12.4. The number of rotatable bonds is 7. The van der Waals surface area contributed by atoms with Gasteiger partial charge in [0.25, 0.3) is 5.91 Å². The van der Waals surface area contributed by atoms with Crippen molar-refractivity contribution in [2.75, 3.05) is 13.7 Å². The van der Waals surface area contributed by atoms with Crippen LogP contribution in [0.3, 0.4) is 0 Å². The fourth-order valence-corrected chi connectivity index (χ4v) is 3.15. The molecule has 0 radical (unpaired) electrons. The number of methoxy groups -OCH3 is 1. The molecule has 0 saturated heterocycles. The van der Waals surface area contributed by atoms with Crippen molar-refractivity contribution in [1.82, 2.24) is 10.0 Å². The molecule has 0 spiro atoms. The molecule has 1 rings (SSSR count). The van der Waals surface area contributed by atoms with Crippen molar-refractivity contribution in [2.45, 2.75) is 38.6 Å². The molecule has 0 aliphatic heterocycles. The zero-order chi connectivity index (χ0) is 16.9. The SMILES string of the molecule is CCNC(=O)c1cc(S(=O)(=O)NC(C)C(C)C)ccc1OC. The molecular weight excluding hydrogens is 304 g/mol. The molecule has 6 nitrogen and oxygen atoms in total. The molecule has 0 aliphatic carbocycles. The summed E-state index contributed by atoms with van der Waals surface area (Å²) in [6.45, 7) is 7.90. The lowest BCUT2D eigenvalue weighted by Gasteiger charge is -2.18. The molecule has 0 aromatic heterocycles. The lowest BCUT2D eigenvalue weighted by Crippen LogP contribution is -2.36. The van der Waals surface area contributed by atoms with Gasteiger partial charge in [0, 0.05) is 12.6 Å². The van der Waals surface area contributed by atoms with Gasteiger partial charge in [0.1, 0.15) is 5.75 Å². The largest absolute Gasteiger partial charge is 0.496 e. The second-order valence-electron chi connectivity index (χ2n) is 5.38. The molecule has 0 saturated carbocycles. The standard InChI is InChI=1S/C15H24N2O4S/c1-6-16-15(18)13-9-12(7-8-14(13)21-5)22(19,20)17-11(4)10(2)3/h7-11,17H,6H2,1-5H3,(H,16,18). The van der Waals surface area contributed by atoms with E-state index in [2.05, 4.69) is 10.0 Å². The maximum Gasteiger partial charge on any atom is 0.255 e. The van der Waals surface area contributed by atoms with Crippen molar-refractivity contribution in [3.05, 3.63) is 23.8 Å². The Morgan fingerprint density at radius 2 is 1.91 bits per heavy atom. The van der Waals surface area contributed by atoms with Crippen LogP contribution in [0.1, 0.15) is 38.1 Å². The fourth-order valence-electron chi connectivity index (χ4n) is 1.74. The second kappa shape index (κ2) is 7.60. The molecule has 7 heteroatoms. The highest BCUT2D eigenvalue weighted by atomic mass is 32.2. The third-order valence-electron chi connectivity index (χ3n) is 3.40. The van der Waals surface area contributed by atoms with E-state index in [1.807, 2.05) is 13.8 Å². The second-order valence-corrected chi connectivity index (χ2v) is 7.09. The predicted octanol–water partition coefficient (Wildman–Crippen LogP) is 1.77. The minimum atomic E-state index is -3.69. The number of sulfonamides is 1. The summed E-state index contributed by atoms with van der Waals surface area (Å²) in [7, 11) is -2.25. The average molecular weight is 328 g/mol. The zero-order valence-electron chi connectivity index (χ0n) is 13.6. The van der Waals surface area contributed by atoms with Gasteiger partial charge in [0.15, 0.2) is 0 Å². The Balaban J connectivity index is 3.21. The Morgan fingerprint density at radius 3 is 2.41 bits per heavy atom. The molecular formula is C15H24N2O4S. The van der Waals surface area contributed by atoms with Gasteiger partial charge >= 0.3 is 0 Å². The molecule has 124 valence electrons.